The first-order chi connectivity index (χ1) is 9.67. The van der Waals surface area contributed by atoms with Crippen molar-refractivity contribution in [2.24, 2.45) is 0 Å². The van der Waals surface area contributed by atoms with E-state index in [1.807, 2.05) is 0 Å². The lowest BCUT2D eigenvalue weighted by Gasteiger charge is -2.08. The van der Waals surface area contributed by atoms with Gasteiger partial charge in [-0.2, -0.15) is 5.26 Å². The summed E-state index contributed by atoms with van der Waals surface area (Å²) in [6.45, 7) is 0. The number of rotatable bonds is 3. The van der Waals surface area contributed by atoms with Gasteiger partial charge in [-0.3, -0.25) is 5.32 Å². The predicted octanol–water partition coefficient (Wildman–Crippen LogP) is 3.39. The molecule has 100 valence electrons. The highest BCUT2D eigenvalue weighted by Crippen LogP contribution is 2.23. The number of halogens is 1. The Bertz CT molecular complexity index is 635. The van der Waals surface area contributed by atoms with Gasteiger partial charge in [0.2, 0.25) is 0 Å². The summed E-state index contributed by atoms with van der Waals surface area (Å²) in [6.07, 6.45) is 1.73. The average molecular weight is 287 g/mol. The van der Waals surface area contributed by atoms with E-state index in [2.05, 4.69) is 10.6 Å². The highest BCUT2D eigenvalue weighted by molar-refractivity contribution is 7.80. The first-order valence-electron chi connectivity index (χ1n) is 5.67. The van der Waals surface area contributed by atoms with Gasteiger partial charge in [-0.25, -0.2) is 4.39 Å². The van der Waals surface area contributed by atoms with E-state index in [1.54, 1.807) is 42.6 Å². The largest absolute Gasteiger partial charge is 0.457 e. The molecule has 2 aromatic rings. The van der Waals surface area contributed by atoms with Crippen LogP contribution in [-0.2, 0) is 0 Å². The molecular weight excluding hydrogens is 277 g/mol. The standard InChI is InChI=1S/C14H10FN3OS/c15-10-1-5-12(6-2-10)19-13-7-3-11(4-8-13)18-14(20)17-9-16/h1-8H,(H2,17,18,20). The van der Waals surface area contributed by atoms with Crippen LogP contribution < -0.4 is 15.4 Å². The Morgan fingerprint density at radius 2 is 1.60 bits per heavy atom. The van der Waals surface area contributed by atoms with E-state index < -0.39 is 0 Å². The Morgan fingerprint density at radius 1 is 1.05 bits per heavy atom. The number of nitrogens with zero attached hydrogens (tertiary/aromatic N) is 1. The van der Waals surface area contributed by atoms with Gasteiger partial charge in [0.25, 0.3) is 0 Å². The summed E-state index contributed by atoms with van der Waals surface area (Å²) in [5.74, 6) is 0.852. The lowest BCUT2D eigenvalue weighted by molar-refractivity contribution is 0.480. The minimum absolute atomic E-state index is 0.222. The zero-order valence-corrected chi connectivity index (χ0v) is 11.1. The van der Waals surface area contributed by atoms with Crippen molar-refractivity contribution in [1.82, 2.24) is 5.32 Å². The molecule has 4 nitrogen and oxygen atoms in total. The summed E-state index contributed by atoms with van der Waals surface area (Å²) in [5, 5.41) is 13.8. The molecule has 0 aliphatic carbocycles. The second kappa shape index (κ2) is 6.50. The second-order valence-corrected chi connectivity index (χ2v) is 4.18. The van der Waals surface area contributed by atoms with Crippen LogP contribution in [0.1, 0.15) is 0 Å². The van der Waals surface area contributed by atoms with Gasteiger partial charge in [-0.15, -0.1) is 0 Å². The van der Waals surface area contributed by atoms with E-state index in [-0.39, 0.29) is 10.9 Å². The topological polar surface area (TPSA) is 57.1 Å². The van der Waals surface area contributed by atoms with Crippen LogP contribution in [-0.4, -0.2) is 5.11 Å². The van der Waals surface area contributed by atoms with E-state index in [0.29, 0.717) is 11.5 Å². The third-order valence-corrected chi connectivity index (χ3v) is 2.54. The van der Waals surface area contributed by atoms with Gasteiger partial charge >= 0.3 is 0 Å². The smallest absolute Gasteiger partial charge is 0.184 e. The molecule has 0 atom stereocenters. The maximum Gasteiger partial charge on any atom is 0.184 e. The van der Waals surface area contributed by atoms with Crippen molar-refractivity contribution in [2.75, 3.05) is 5.32 Å². The molecule has 0 radical (unpaired) electrons. The summed E-state index contributed by atoms with van der Waals surface area (Å²) in [7, 11) is 0. The molecule has 0 aliphatic rings. The zero-order valence-electron chi connectivity index (χ0n) is 10.3. The van der Waals surface area contributed by atoms with Gasteiger partial charge in [0.15, 0.2) is 11.3 Å². The molecule has 2 rings (SSSR count). The first kappa shape index (κ1) is 13.8. The van der Waals surface area contributed by atoms with E-state index >= 15 is 0 Å². The monoisotopic (exact) mass is 287 g/mol. The highest BCUT2D eigenvalue weighted by Gasteiger charge is 2.00. The number of ether oxygens (including phenoxy) is 1. The number of benzene rings is 2. The molecule has 2 aromatic carbocycles. The van der Waals surface area contributed by atoms with E-state index in [0.717, 1.165) is 5.69 Å². The average Bonchev–Trinajstić information content (AvgIpc) is 2.44. The maximum atomic E-state index is 12.8. The fourth-order valence-electron chi connectivity index (χ4n) is 1.46. The summed E-state index contributed by atoms with van der Waals surface area (Å²) < 4.78 is 18.3. The second-order valence-electron chi connectivity index (χ2n) is 3.77. The van der Waals surface area contributed by atoms with Crippen LogP contribution in [0.15, 0.2) is 48.5 Å². The molecule has 0 aliphatic heterocycles. The summed E-state index contributed by atoms with van der Waals surface area (Å²) in [4.78, 5) is 0. The van der Waals surface area contributed by atoms with E-state index in [4.69, 9.17) is 22.2 Å². The Kier molecular flexibility index (Phi) is 4.47. The molecule has 0 spiro atoms. The fourth-order valence-corrected chi connectivity index (χ4v) is 1.62. The molecule has 6 heteroatoms. The summed E-state index contributed by atoms with van der Waals surface area (Å²) in [5.41, 5.74) is 0.726. The predicted molar refractivity (Wildman–Crippen MR) is 77.9 cm³/mol. The van der Waals surface area contributed by atoms with E-state index in [9.17, 15) is 4.39 Å². The normalized spacial score (nSPS) is 9.40. The van der Waals surface area contributed by atoms with Crippen LogP contribution in [0, 0.1) is 17.3 Å². The lowest BCUT2D eigenvalue weighted by atomic mass is 10.3. The number of hydrogen-bond donors (Lipinski definition) is 2. The van der Waals surface area contributed by atoms with Crippen LogP contribution in [0.3, 0.4) is 0 Å². The third kappa shape index (κ3) is 3.93. The maximum absolute atomic E-state index is 12.8. The van der Waals surface area contributed by atoms with Crippen molar-refractivity contribution in [1.29, 1.82) is 5.26 Å². The van der Waals surface area contributed by atoms with Crippen molar-refractivity contribution in [3.05, 3.63) is 54.3 Å². The molecule has 0 fully saturated rings. The number of hydrogen-bond acceptors (Lipinski definition) is 3. The fraction of sp³-hybridized carbons (Fsp3) is 0. The Balaban J connectivity index is 1.99. The molecule has 2 N–H and O–H groups in total. The Morgan fingerprint density at radius 3 is 2.15 bits per heavy atom. The molecule has 0 heterocycles. The van der Waals surface area contributed by atoms with Gasteiger partial charge in [-0.05, 0) is 60.7 Å². The van der Waals surface area contributed by atoms with Gasteiger partial charge in [-0.1, -0.05) is 0 Å². The molecule has 0 saturated heterocycles. The summed E-state index contributed by atoms with van der Waals surface area (Å²) in [6, 6.07) is 12.7. The van der Waals surface area contributed by atoms with Crippen molar-refractivity contribution in [3.63, 3.8) is 0 Å². The Labute approximate surface area is 120 Å². The molecule has 0 bridgehead atoms. The number of nitriles is 1. The van der Waals surface area contributed by atoms with Crippen molar-refractivity contribution < 1.29 is 9.13 Å². The summed E-state index contributed by atoms with van der Waals surface area (Å²) >= 11 is 4.87. The lowest BCUT2D eigenvalue weighted by Crippen LogP contribution is -2.23. The Hall–Kier alpha value is -2.65. The first-order valence-corrected chi connectivity index (χ1v) is 6.08. The molecule has 0 unspecified atom stereocenters. The van der Waals surface area contributed by atoms with E-state index in [1.165, 1.54) is 12.1 Å². The number of anilines is 1. The minimum atomic E-state index is -0.310. The van der Waals surface area contributed by atoms with Gasteiger partial charge in [0.05, 0.1) is 0 Å². The third-order valence-electron chi connectivity index (χ3n) is 2.33. The molecule has 0 amide bonds. The minimum Gasteiger partial charge on any atom is -0.457 e. The highest BCUT2D eigenvalue weighted by atomic mass is 32.1. The van der Waals surface area contributed by atoms with Gasteiger partial charge < -0.3 is 10.1 Å². The van der Waals surface area contributed by atoms with Crippen molar-refractivity contribution >= 4 is 23.0 Å². The molecular formula is C14H10FN3OS. The quantitative estimate of drug-likeness (QED) is 0.515. The number of nitrogens with one attached hydrogen (secondary N) is 2. The molecule has 0 aromatic heterocycles. The zero-order chi connectivity index (χ0) is 14.4. The number of thiocarbonyl (C=S) groups is 1. The van der Waals surface area contributed by atoms with Gasteiger partial charge in [0, 0.05) is 5.69 Å². The van der Waals surface area contributed by atoms with Crippen molar-refractivity contribution in [3.8, 4) is 17.7 Å². The van der Waals surface area contributed by atoms with Crippen molar-refractivity contribution in [2.45, 2.75) is 0 Å². The van der Waals surface area contributed by atoms with Crippen LogP contribution in [0.5, 0.6) is 11.5 Å². The van der Waals surface area contributed by atoms with Gasteiger partial charge in [0.1, 0.15) is 17.3 Å². The van der Waals surface area contributed by atoms with Crippen LogP contribution in [0.4, 0.5) is 10.1 Å². The van der Waals surface area contributed by atoms with Crippen LogP contribution in [0.25, 0.3) is 0 Å². The molecule has 20 heavy (non-hydrogen) atoms. The SMILES string of the molecule is N#CNC(=S)Nc1ccc(Oc2ccc(F)cc2)cc1. The van der Waals surface area contributed by atoms with Crippen LogP contribution >= 0.6 is 12.2 Å². The molecule has 0 saturated carbocycles. The van der Waals surface area contributed by atoms with Crippen LogP contribution in [0.2, 0.25) is 0 Å².